The van der Waals surface area contributed by atoms with Crippen LogP contribution in [0.2, 0.25) is 0 Å². The third-order valence-electron chi connectivity index (χ3n) is 22.0. The van der Waals surface area contributed by atoms with Crippen LogP contribution < -0.4 is 0 Å². The van der Waals surface area contributed by atoms with Gasteiger partial charge in [0.05, 0.1) is 33.8 Å². The summed E-state index contributed by atoms with van der Waals surface area (Å²) < 4.78 is 52.6. The minimum Gasteiger partial charge on any atom is -0.457 e. The molecule has 4 fully saturated rings. The molecule has 0 N–H and O–H groups in total. The monoisotopic (exact) mass is 1540 g/mol. The minimum atomic E-state index is -0.547. The zero-order valence-corrected chi connectivity index (χ0v) is 72.0. The molecule has 4 unspecified atom stereocenters. The van der Waals surface area contributed by atoms with Gasteiger partial charge in [-0.25, -0.2) is 28.8 Å². The molecule has 0 bridgehead atoms. The summed E-state index contributed by atoms with van der Waals surface area (Å²) in [4.78, 5) is 117. The van der Waals surface area contributed by atoms with Gasteiger partial charge in [0.2, 0.25) is 0 Å². The van der Waals surface area contributed by atoms with Gasteiger partial charge in [-0.05, 0) is 284 Å². The number of hydrogen-bond acceptors (Lipinski definition) is 20. The van der Waals surface area contributed by atoms with Gasteiger partial charge >= 0.3 is 59.7 Å². The first kappa shape index (κ1) is 100. The third-order valence-corrected chi connectivity index (χ3v) is 22.0. The molecule has 6 rings (SSSR count). The third kappa shape index (κ3) is 38.8. The summed E-state index contributed by atoms with van der Waals surface area (Å²) in [6.07, 6.45) is 25.9. The number of carbonyl (C=O) groups is 10. The number of ether oxygens (including phenoxy) is 10. The van der Waals surface area contributed by atoms with E-state index in [1.54, 1.807) is 13.8 Å². The highest BCUT2D eigenvalue weighted by atomic mass is 16.6. The minimum absolute atomic E-state index is 0.162. The van der Waals surface area contributed by atoms with Crippen LogP contribution in [0.3, 0.4) is 0 Å². The van der Waals surface area contributed by atoms with E-state index in [0.29, 0.717) is 48.6 Å². The van der Waals surface area contributed by atoms with Crippen molar-refractivity contribution in [1.82, 2.24) is 0 Å². The first-order chi connectivity index (χ1) is 50.9. The van der Waals surface area contributed by atoms with Gasteiger partial charge in [-0.1, -0.05) is 127 Å². The van der Waals surface area contributed by atoms with Crippen LogP contribution in [0.1, 0.15) is 383 Å². The summed E-state index contributed by atoms with van der Waals surface area (Å²) in [5.74, 6) is -2.83. The second-order valence-corrected chi connectivity index (χ2v) is 33.7. The lowest BCUT2D eigenvalue weighted by molar-refractivity contribution is -0.174. The quantitative estimate of drug-likeness (QED) is 0.0520. The van der Waals surface area contributed by atoms with Crippen molar-refractivity contribution in [2.75, 3.05) is 26.4 Å². The molecule has 109 heavy (non-hydrogen) atoms. The molecule has 0 spiro atoms. The summed E-state index contributed by atoms with van der Waals surface area (Å²) in [6, 6.07) is 15.4. The SMILES string of the molecule is CCC(C)(C)C(=O)OCC(=O)OC1(C)CCCCC1.CCC(C)C(=O)OCC(=O)OC1(C)CCCC1.CCC(C)C(=O)OCC(=O)OC1(CC)CCCCC1.CCC(C)c1ccc(C(=O)OC(C)(C)C)cc1.CCC(C)c1ccc(C(=O)OC(C)(C)CC)cc1.CCC1(OC(=O)COC(=O)C(C)(C)CC)CCCC1. The fourth-order valence-electron chi connectivity index (χ4n) is 11.9. The summed E-state index contributed by atoms with van der Waals surface area (Å²) in [5, 5.41) is 0. The number of rotatable bonds is 30. The van der Waals surface area contributed by atoms with Gasteiger partial charge in [0.15, 0.2) is 26.4 Å². The van der Waals surface area contributed by atoms with Crippen molar-refractivity contribution in [2.45, 2.75) is 385 Å². The van der Waals surface area contributed by atoms with Gasteiger partial charge in [-0.2, -0.15) is 0 Å². The Morgan fingerprint density at radius 2 is 0.642 bits per heavy atom. The lowest BCUT2D eigenvalue weighted by Crippen LogP contribution is -2.38. The molecule has 622 valence electrons. The standard InChI is InChI=1S/C16H24O2.3C15H26O4.C15H22O2.C13H22O4/c1-6-12(3)13-8-10-14(11-9-13)15(17)18-16(4,5)7-2;1-5-14(2,3)13(17)18-11-12(16)19-15(4)9-7-6-8-10-15;1-5-14(3,4)13(17)18-11-12(16)19-15(6-2)9-7-8-10-15;1-4-12(3)14(17)18-11-13(16)19-15(5-2)9-7-6-8-10-15;1-6-11(2)12-7-9-13(10-8-12)14(16)17-15(3,4)5;1-4-10(2)12(15)16-9-11(14)17-13(3)7-5-6-8-13/h8-12H,6-7H2,1-5H3;2*5-11H2,1-4H3;12H,4-11H2,1-3H3;7-11H,6H2,1-5H3;10H,4-9H2,1-3H3. The van der Waals surface area contributed by atoms with Crippen LogP contribution in [-0.4, -0.2) is 120 Å². The topological polar surface area (TPSA) is 263 Å². The van der Waals surface area contributed by atoms with E-state index in [1.165, 1.54) is 24.0 Å². The molecular weight excluding hydrogens is 1390 g/mol. The van der Waals surface area contributed by atoms with Crippen molar-refractivity contribution in [3.05, 3.63) is 70.8 Å². The van der Waals surface area contributed by atoms with Crippen LogP contribution in [0, 0.1) is 22.7 Å². The van der Waals surface area contributed by atoms with Gasteiger partial charge in [0.25, 0.3) is 0 Å². The van der Waals surface area contributed by atoms with Crippen LogP contribution in [0.5, 0.6) is 0 Å². The average molecular weight is 1540 g/mol. The van der Waals surface area contributed by atoms with E-state index in [1.807, 2.05) is 173 Å². The van der Waals surface area contributed by atoms with E-state index in [4.69, 9.17) is 47.4 Å². The Kier molecular flexibility index (Phi) is 44.9. The Bertz CT molecular complexity index is 3050. The highest BCUT2D eigenvalue weighted by Crippen LogP contribution is 2.38. The molecule has 0 aliphatic heterocycles. The fraction of sp³-hybridized carbons (Fsp3) is 0.753. The number of benzene rings is 2. The van der Waals surface area contributed by atoms with E-state index < -0.39 is 45.9 Å². The second kappa shape index (κ2) is 48.8. The molecule has 0 saturated heterocycles. The average Bonchev–Trinajstić information content (AvgIpc) is 1.80. The van der Waals surface area contributed by atoms with Gasteiger partial charge < -0.3 is 47.4 Å². The molecule has 2 aromatic carbocycles. The maximum atomic E-state index is 11.9. The lowest BCUT2D eigenvalue weighted by atomic mass is 9.83. The van der Waals surface area contributed by atoms with Crippen molar-refractivity contribution < 1.29 is 95.3 Å². The Morgan fingerprint density at radius 3 is 0.927 bits per heavy atom. The predicted molar refractivity (Wildman–Crippen MR) is 426 cm³/mol. The normalized spacial score (nSPS) is 17.1. The highest BCUT2D eigenvalue weighted by Gasteiger charge is 2.39. The van der Waals surface area contributed by atoms with Crippen LogP contribution in [0.25, 0.3) is 0 Å². The van der Waals surface area contributed by atoms with Crippen molar-refractivity contribution in [3.63, 3.8) is 0 Å². The molecule has 0 heterocycles. The molecule has 4 aliphatic rings. The van der Waals surface area contributed by atoms with Crippen LogP contribution in [0.4, 0.5) is 0 Å². The van der Waals surface area contributed by atoms with Crippen LogP contribution in [-0.2, 0) is 85.7 Å². The Labute approximate surface area is 656 Å². The van der Waals surface area contributed by atoms with E-state index in [2.05, 4.69) is 27.7 Å². The Morgan fingerprint density at radius 1 is 0.358 bits per heavy atom. The van der Waals surface area contributed by atoms with E-state index in [-0.39, 0.29) is 96.5 Å². The summed E-state index contributed by atoms with van der Waals surface area (Å²) >= 11 is 0. The Hall–Kier alpha value is -6.86. The second-order valence-electron chi connectivity index (χ2n) is 33.7. The molecule has 0 amide bonds. The summed E-state index contributed by atoms with van der Waals surface area (Å²) in [6.45, 7) is 45.6. The number of carbonyl (C=O) groups excluding carboxylic acids is 10. The van der Waals surface area contributed by atoms with Gasteiger partial charge in [0, 0.05) is 0 Å². The Balaban J connectivity index is 0.000000654. The van der Waals surface area contributed by atoms with E-state index in [9.17, 15) is 47.9 Å². The molecule has 4 aliphatic carbocycles. The largest absolute Gasteiger partial charge is 0.457 e. The first-order valence-corrected chi connectivity index (χ1v) is 41.1. The lowest BCUT2D eigenvalue weighted by Gasteiger charge is -2.35. The van der Waals surface area contributed by atoms with Crippen molar-refractivity contribution in [1.29, 1.82) is 0 Å². The molecular formula is C89H146O20. The molecule has 4 saturated carbocycles. The molecule has 2 aromatic rings. The van der Waals surface area contributed by atoms with Crippen molar-refractivity contribution >= 4 is 59.7 Å². The fourth-order valence-corrected chi connectivity index (χ4v) is 11.9. The maximum Gasteiger partial charge on any atom is 0.344 e. The number of hydrogen-bond donors (Lipinski definition) is 0. The van der Waals surface area contributed by atoms with Crippen LogP contribution in [0.15, 0.2) is 48.5 Å². The predicted octanol–water partition coefficient (Wildman–Crippen LogP) is 20.8. The summed E-state index contributed by atoms with van der Waals surface area (Å²) in [7, 11) is 0. The van der Waals surface area contributed by atoms with Gasteiger partial charge in [-0.3, -0.25) is 19.2 Å². The maximum absolute atomic E-state index is 11.9. The zero-order chi connectivity index (χ0) is 83.0. The highest BCUT2D eigenvalue weighted by molar-refractivity contribution is 5.90. The molecule has 4 atom stereocenters. The first-order valence-electron chi connectivity index (χ1n) is 41.1. The molecule has 20 heteroatoms. The molecule has 20 nitrogen and oxygen atoms in total. The van der Waals surface area contributed by atoms with Gasteiger partial charge in [0.1, 0.15) is 33.6 Å². The smallest absolute Gasteiger partial charge is 0.344 e. The number of esters is 10. The van der Waals surface area contributed by atoms with Crippen molar-refractivity contribution in [2.24, 2.45) is 22.7 Å². The van der Waals surface area contributed by atoms with Crippen molar-refractivity contribution in [3.8, 4) is 0 Å². The van der Waals surface area contributed by atoms with Crippen LogP contribution >= 0.6 is 0 Å². The van der Waals surface area contributed by atoms with E-state index in [0.717, 1.165) is 135 Å². The summed E-state index contributed by atoms with van der Waals surface area (Å²) in [5.41, 5.74) is 0.493. The van der Waals surface area contributed by atoms with Gasteiger partial charge in [-0.15, -0.1) is 0 Å². The van der Waals surface area contributed by atoms with E-state index >= 15 is 0 Å². The zero-order valence-electron chi connectivity index (χ0n) is 72.0. The molecule has 0 aromatic heterocycles. The molecule has 0 radical (unpaired) electrons.